The summed E-state index contributed by atoms with van der Waals surface area (Å²) in [5.74, 6) is -1.31. The number of rotatable bonds is 6. The highest BCUT2D eigenvalue weighted by Crippen LogP contribution is 2.36. The molecule has 0 heterocycles. The minimum atomic E-state index is -0.547. The third kappa shape index (κ3) is 3.75. The molecule has 0 spiro atoms. The molecule has 1 aromatic rings. The van der Waals surface area contributed by atoms with Crippen molar-refractivity contribution in [2.24, 2.45) is 0 Å². The Kier molecular flexibility index (Phi) is 5.44. The number of hydrogen-bond donors (Lipinski definition) is 4. The number of nitrogens with one attached hydrogen (secondary N) is 1. The van der Waals surface area contributed by atoms with Gasteiger partial charge in [-0.1, -0.05) is 6.07 Å². The second kappa shape index (κ2) is 6.84. The molecule has 0 aromatic heterocycles. The highest BCUT2D eigenvalue weighted by atomic mass is 16.3. The predicted molar refractivity (Wildman–Crippen MR) is 71.1 cm³/mol. The number of carbonyl (C=O) groups is 1. The van der Waals surface area contributed by atoms with Gasteiger partial charge in [-0.05, 0) is 19.9 Å². The van der Waals surface area contributed by atoms with Gasteiger partial charge in [-0.15, -0.1) is 0 Å². The van der Waals surface area contributed by atoms with Crippen LogP contribution >= 0.6 is 0 Å². The van der Waals surface area contributed by atoms with Crippen molar-refractivity contribution in [1.29, 1.82) is 0 Å². The summed E-state index contributed by atoms with van der Waals surface area (Å²) in [6.45, 7) is 5.51. The summed E-state index contributed by atoms with van der Waals surface area (Å²) in [5.41, 5.74) is 0.419. The molecule has 0 aliphatic heterocycles. The van der Waals surface area contributed by atoms with E-state index in [9.17, 15) is 20.1 Å². The Hall–Kier alpha value is -1.95. The van der Waals surface area contributed by atoms with E-state index in [1.54, 1.807) is 4.90 Å². The Morgan fingerprint density at radius 2 is 1.79 bits per heavy atom. The highest BCUT2D eigenvalue weighted by molar-refractivity contribution is 5.78. The van der Waals surface area contributed by atoms with E-state index in [1.807, 2.05) is 13.8 Å². The quantitative estimate of drug-likeness (QED) is 0.572. The average molecular weight is 268 g/mol. The summed E-state index contributed by atoms with van der Waals surface area (Å²) < 4.78 is 0. The molecule has 0 unspecified atom stereocenters. The maximum atomic E-state index is 11.7. The molecular weight excluding hydrogens is 248 g/mol. The molecule has 0 aliphatic rings. The summed E-state index contributed by atoms with van der Waals surface area (Å²) >= 11 is 0. The molecule has 1 aromatic carbocycles. The molecular formula is C13H20N2O4. The summed E-state index contributed by atoms with van der Waals surface area (Å²) in [6, 6.07) is 2.78. The zero-order chi connectivity index (χ0) is 14.4. The van der Waals surface area contributed by atoms with Crippen LogP contribution in [0.5, 0.6) is 17.2 Å². The van der Waals surface area contributed by atoms with Gasteiger partial charge >= 0.3 is 0 Å². The minimum absolute atomic E-state index is 0.0208. The van der Waals surface area contributed by atoms with Crippen molar-refractivity contribution in [3.8, 4) is 17.2 Å². The number of phenols is 3. The normalized spacial score (nSPS) is 10.4. The summed E-state index contributed by atoms with van der Waals surface area (Å²) in [6.07, 6.45) is 0. The van der Waals surface area contributed by atoms with E-state index >= 15 is 0 Å². The van der Waals surface area contributed by atoms with Gasteiger partial charge in [0.05, 0.1) is 6.54 Å². The zero-order valence-electron chi connectivity index (χ0n) is 11.2. The second-order valence-electron chi connectivity index (χ2n) is 4.11. The van der Waals surface area contributed by atoms with Crippen LogP contribution in [0.1, 0.15) is 19.4 Å². The van der Waals surface area contributed by atoms with Gasteiger partial charge in [0.1, 0.15) is 0 Å². The van der Waals surface area contributed by atoms with Crippen molar-refractivity contribution < 1.29 is 20.1 Å². The highest BCUT2D eigenvalue weighted by Gasteiger charge is 2.12. The lowest BCUT2D eigenvalue weighted by Crippen LogP contribution is -2.37. The summed E-state index contributed by atoms with van der Waals surface area (Å²) in [4.78, 5) is 13.4. The Morgan fingerprint density at radius 3 is 2.37 bits per heavy atom. The van der Waals surface area contributed by atoms with Crippen LogP contribution in [0, 0.1) is 0 Å². The van der Waals surface area contributed by atoms with Crippen LogP contribution < -0.4 is 5.32 Å². The molecule has 0 bridgehead atoms. The number of amides is 1. The molecule has 19 heavy (non-hydrogen) atoms. The van der Waals surface area contributed by atoms with Crippen molar-refractivity contribution in [2.75, 3.05) is 19.6 Å². The molecule has 0 fully saturated rings. The fraction of sp³-hybridized carbons (Fsp3) is 0.462. The average Bonchev–Trinajstić information content (AvgIpc) is 2.40. The lowest BCUT2D eigenvalue weighted by Gasteiger charge is -2.18. The molecule has 4 N–H and O–H groups in total. The molecule has 106 valence electrons. The predicted octanol–water partition coefficient (Wildman–Crippen LogP) is 0.761. The fourth-order valence-electron chi connectivity index (χ4n) is 1.75. The Labute approximate surface area is 112 Å². The van der Waals surface area contributed by atoms with E-state index in [1.165, 1.54) is 12.1 Å². The molecule has 0 atom stereocenters. The molecule has 6 heteroatoms. The molecule has 6 nitrogen and oxygen atoms in total. The smallest absolute Gasteiger partial charge is 0.236 e. The Morgan fingerprint density at radius 1 is 1.16 bits per heavy atom. The molecule has 1 amide bonds. The largest absolute Gasteiger partial charge is 0.504 e. The maximum Gasteiger partial charge on any atom is 0.236 e. The van der Waals surface area contributed by atoms with Crippen molar-refractivity contribution in [2.45, 2.75) is 20.4 Å². The molecule has 0 radical (unpaired) electrons. The Balaban J connectivity index is 2.54. The van der Waals surface area contributed by atoms with E-state index in [0.717, 1.165) is 0 Å². The number of benzene rings is 1. The molecule has 0 aliphatic carbocycles. The third-order valence-corrected chi connectivity index (χ3v) is 2.92. The topological polar surface area (TPSA) is 93.0 Å². The van der Waals surface area contributed by atoms with Gasteiger partial charge in [-0.25, -0.2) is 0 Å². The number of aromatic hydroxyl groups is 3. The lowest BCUT2D eigenvalue weighted by molar-refractivity contribution is -0.129. The summed E-state index contributed by atoms with van der Waals surface area (Å²) in [7, 11) is 0. The van der Waals surface area contributed by atoms with Crippen LogP contribution in [0.3, 0.4) is 0 Å². The van der Waals surface area contributed by atoms with Gasteiger partial charge in [-0.2, -0.15) is 0 Å². The van der Waals surface area contributed by atoms with Crippen LogP contribution in [-0.4, -0.2) is 45.8 Å². The first-order valence-corrected chi connectivity index (χ1v) is 6.22. The maximum absolute atomic E-state index is 11.7. The number of carbonyl (C=O) groups excluding carboxylic acids is 1. The Bertz CT molecular complexity index is 445. The van der Waals surface area contributed by atoms with Crippen LogP contribution in [0.25, 0.3) is 0 Å². The van der Waals surface area contributed by atoms with E-state index in [-0.39, 0.29) is 30.5 Å². The fourth-order valence-corrected chi connectivity index (χ4v) is 1.75. The molecule has 0 saturated heterocycles. The van der Waals surface area contributed by atoms with Gasteiger partial charge in [-0.3, -0.25) is 4.79 Å². The third-order valence-electron chi connectivity index (χ3n) is 2.92. The molecule has 1 rings (SSSR count). The van der Waals surface area contributed by atoms with Crippen molar-refractivity contribution in [1.82, 2.24) is 10.2 Å². The van der Waals surface area contributed by atoms with E-state index in [2.05, 4.69) is 5.32 Å². The lowest BCUT2D eigenvalue weighted by atomic mass is 10.1. The summed E-state index contributed by atoms with van der Waals surface area (Å²) in [5, 5.41) is 31.0. The van der Waals surface area contributed by atoms with Crippen LogP contribution in [-0.2, 0) is 11.3 Å². The van der Waals surface area contributed by atoms with Crippen molar-refractivity contribution >= 4 is 5.91 Å². The van der Waals surface area contributed by atoms with Gasteiger partial charge < -0.3 is 25.5 Å². The van der Waals surface area contributed by atoms with E-state index in [4.69, 9.17) is 0 Å². The van der Waals surface area contributed by atoms with E-state index < -0.39 is 5.75 Å². The van der Waals surface area contributed by atoms with Gasteiger partial charge in [0.25, 0.3) is 0 Å². The zero-order valence-corrected chi connectivity index (χ0v) is 11.2. The van der Waals surface area contributed by atoms with E-state index in [0.29, 0.717) is 18.7 Å². The monoisotopic (exact) mass is 268 g/mol. The second-order valence-corrected chi connectivity index (χ2v) is 4.11. The first-order valence-electron chi connectivity index (χ1n) is 6.22. The number of likely N-dealkylation sites (N-methyl/N-ethyl adjacent to an activating group) is 1. The standard InChI is InChI=1S/C13H20N2O4/c1-3-15(4-2)11(17)8-14-7-9-5-6-10(16)13(19)12(9)18/h5-6,14,16,18-19H,3-4,7-8H2,1-2H3. The number of phenolic OH excluding ortho intramolecular Hbond substituents is 3. The molecule has 0 saturated carbocycles. The number of hydrogen-bond acceptors (Lipinski definition) is 5. The van der Waals surface area contributed by atoms with Crippen LogP contribution in [0.4, 0.5) is 0 Å². The van der Waals surface area contributed by atoms with Crippen LogP contribution in [0.15, 0.2) is 12.1 Å². The number of nitrogens with zero attached hydrogens (tertiary/aromatic N) is 1. The van der Waals surface area contributed by atoms with Gasteiger partial charge in [0.2, 0.25) is 11.7 Å². The first-order chi connectivity index (χ1) is 9.01. The van der Waals surface area contributed by atoms with Gasteiger partial charge in [0.15, 0.2) is 11.5 Å². The van der Waals surface area contributed by atoms with Crippen molar-refractivity contribution in [3.63, 3.8) is 0 Å². The van der Waals surface area contributed by atoms with Crippen LogP contribution in [0.2, 0.25) is 0 Å². The van der Waals surface area contributed by atoms with Gasteiger partial charge in [0, 0.05) is 25.2 Å². The minimum Gasteiger partial charge on any atom is -0.504 e. The first kappa shape index (κ1) is 15.1. The van der Waals surface area contributed by atoms with Crippen molar-refractivity contribution in [3.05, 3.63) is 17.7 Å². The SMILES string of the molecule is CCN(CC)C(=O)CNCc1ccc(O)c(O)c1O.